The minimum atomic E-state index is 0.383. The Bertz CT molecular complexity index is 98.7. The molecule has 1 aliphatic heterocycles. The molecule has 0 aromatic carbocycles. The molecule has 3 heteroatoms. The van der Waals surface area contributed by atoms with E-state index in [0.29, 0.717) is 12.1 Å². The molecule has 0 radical (unpaired) electrons. The maximum Gasteiger partial charge on any atom is 0.0702 e. The molecule has 1 rings (SSSR count). The van der Waals surface area contributed by atoms with E-state index in [4.69, 9.17) is 9.84 Å². The number of nitrogens with one attached hydrogen (secondary N) is 1. The highest BCUT2D eigenvalue weighted by atomic mass is 16.5. The van der Waals surface area contributed by atoms with Gasteiger partial charge in [-0.15, -0.1) is 0 Å². The van der Waals surface area contributed by atoms with Crippen LogP contribution in [0.1, 0.15) is 20.3 Å². The number of ether oxygens (including phenoxy) is 1. The zero-order valence-corrected chi connectivity index (χ0v) is 8.50. The Balaban J connectivity index is 0.000000561. The van der Waals surface area contributed by atoms with Gasteiger partial charge in [-0.3, -0.25) is 0 Å². The molecular weight excluding hydrogens is 154 g/mol. The molecule has 0 bridgehead atoms. The van der Waals surface area contributed by atoms with Crippen molar-refractivity contribution < 1.29 is 9.84 Å². The van der Waals surface area contributed by atoms with Gasteiger partial charge in [0, 0.05) is 19.8 Å². The van der Waals surface area contributed by atoms with Gasteiger partial charge in [0.2, 0.25) is 0 Å². The molecule has 3 nitrogen and oxygen atoms in total. The van der Waals surface area contributed by atoms with Gasteiger partial charge in [0.1, 0.15) is 0 Å². The number of rotatable bonds is 1. The smallest absolute Gasteiger partial charge is 0.0702 e. The fourth-order valence-corrected chi connectivity index (χ4v) is 1.70. The van der Waals surface area contributed by atoms with Crippen molar-refractivity contribution in [3.63, 3.8) is 0 Å². The van der Waals surface area contributed by atoms with Gasteiger partial charge in [0.05, 0.1) is 6.10 Å². The van der Waals surface area contributed by atoms with Crippen LogP contribution >= 0.6 is 0 Å². The third-order valence-electron chi connectivity index (χ3n) is 2.41. The van der Waals surface area contributed by atoms with Crippen molar-refractivity contribution in [1.29, 1.82) is 0 Å². The number of hydrogen-bond acceptors (Lipinski definition) is 3. The summed E-state index contributed by atoms with van der Waals surface area (Å²) in [5.41, 5.74) is 0. The molecule has 1 aliphatic rings. The van der Waals surface area contributed by atoms with Crippen LogP contribution in [0.2, 0.25) is 0 Å². The van der Waals surface area contributed by atoms with Crippen LogP contribution in [0, 0.1) is 5.92 Å². The Kier molecular flexibility index (Phi) is 6.34. The predicted octanol–water partition coefficient (Wildman–Crippen LogP) is 0.628. The fraction of sp³-hybridized carbons (Fsp3) is 1.00. The molecule has 0 spiro atoms. The van der Waals surface area contributed by atoms with E-state index in [9.17, 15) is 0 Å². The Morgan fingerprint density at radius 2 is 1.92 bits per heavy atom. The molecule has 0 aliphatic carbocycles. The molecule has 0 amide bonds. The van der Waals surface area contributed by atoms with Crippen LogP contribution < -0.4 is 5.32 Å². The van der Waals surface area contributed by atoms with Crippen LogP contribution in [0.4, 0.5) is 0 Å². The van der Waals surface area contributed by atoms with E-state index in [1.54, 1.807) is 0 Å². The maximum atomic E-state index is 7.00. The summed E-state index contributed by atoms with van der Waals surface area (Å²) in [4.78, 5) is 0. The van der Waals surface area contributed by atoms with Crippen molar-refractivity contribution in [1.82, 2.24) is 5.32 Å². The van der Waals surface area contributed by atoms with Gasteiger partial charge in [0.15, 0.2) is 0 Å². The lowest BCUT2D eigenvalue weighted by Crippen LogP contribution is -2.46. The van der Waals surface area contributed by atoms with Crippen molar-refractivity contribution in [3.05, 3.63) is 0 Å². The predicted molar refractivity (Wildman–Crippen MR) is 50.2 cm³/mol. The first-order valence-electron chi connectivity index (χ1n) is 4.49. The molecule has 74 valence electrons. The van der Waals surface area contributed by atoms with Crippen molar-refractivity contribution in [3.8, 4) is 0 Å². The first kappa shape index (κ1) is 11.9. The van der Waals surface area contributed by atoms with Gasteiger partial charge >= 0.3 is 0 Å². The monoisotopic (exact) mass is 175 g/mol. The normalized spacial score (nSPS) is 35.2. The largest absolute Gasteiger partial charge is 0.400 e. The summed E-state index contributed by atoms with van der Waals surface area (Å²) in [5.74, 6) is 0.758. The van der Waals surface area contributed by atoms with Crippen LogP contribution in [-0.4, -0.2) is 38.0 Å². The fourth-order valence-electron chi connectivity index (χ4n) is 1.70. The lowest BCUT2D eigenvalue weighted by molar-refractivity contribution is -0.0193. The summed E-state index contributed by atoms with van der Waals surface area (Å²) in [5, 5.41) is 10.3. The molecular formula is C9H21NO2. The Morgan fingerprint density at radius 3 is 2.25 bits per heavy atom. The number of hydrogen-bond donors (Lipinski definition) is 2. The highest BCUT2D eigenvalue weighted by Gasteiger charge is 2.26. The van der Waals surface area contributed by atoms with Gasteiger partial charge in [-0.25, -0.2) is 0 Å². The number of aliphatic hydroxyl groups excluding tert-OH is 1. The molecule has 1 heterocycles. The zero-order chi connectivity index (χ0) is 9.56. The van der Waals surface area contributed by atoms with E-state index in [1.807, 2.05) is 7.05 Å². The lowest BCUT2D eigenvalue weighted by Gasteiger charge is -2.34. The number of aliphatic hydroxyl groups is 1. The molecule has 0 aromatic heterocycles. The second-order valence-electron chi connectivity index (χ2n) is 3.16. The van der Waals surface area contributed by atoms with Crippen molar-refractivity contribution in [2.75, 3.05) is 20.8 Å². The molecule has 1 fully saturated rings. The SMILES string of the molecule is CNC1C(C)CCOC1C.CO. The third kappa shape index (κ3) is 3.09. The van der Waals surface area contributed by atoms with Gasteiger partial charge in [-0.05, 0) is 26.3 Å². The highest BCUT2D eigenvalue weighted by Crippen LogP contribution is 2.19. The molecule has 0 saturated carbocycles. The Labute approximate surface area is 75.1 Å². The number of likely N-dealkylation sites (N-methyl/N-ethyl adjacent to an activating group) is 1. The summed E-state index contributed by atoms with van der Waals surface area (Å²) in [6.45, 7) is 5.34. The summed E-state index contributed by atoms with van der Waals surface area (Å²) >= 11 is 0. The molecule has 3 unspecified atom stereocenters. The standard InChI is InChI=1S/C8H17NO.CH4O/c1-6-4-5-10-7(2)8(6)9-3;1-2/h6-9H,4-5H2,1-3H3;2H,1H3. The quantitative estimate of drug-likeness (QED) is 0.614. The zero-order valence-electron chi connectivity index (χ0n) is 8.50. The van der Waals surface area contributed by atoms with Crippen molar-refractivity contribution >= 4 is 0 Å². The van der Waals surface area contributed by atoms with Crippen LogP contribution in [0.5, 0.6) is 0 Å². The molecule has 2 N–H and O–H groups in total. The molecule has 1 saturated heterocycles. The van der Waals surface area contributed by atoms with Crippen molar-refractivity contribution in [2.45, 2.75) is 32.4 Å². The van der Waals surface area contributed by atoms with Crippen molar-refractivity contribution in [2.24, 2.45) is 5.92 Å². The summed E-state index contributed by atoms with van der Waals surface area (Å²) in [6.07, 6.45) is 1.57. The summed E-state index contributed by atoms with van der Waals surface area (Å²) < 4.78 is 5.49. The summed E-state index contributed by atoms with van der Waals surface area (Å²) in [7, 11) is 3.01. The lowest BCUT2D eigenvalue weighted by atomic mass is 9.92. The van der Waals surface area contributed by atoms with Crippen LogP contribution in [0.25, 0.3) is 0 Å². The minimum Gasteiger partial charge on any atom is -0.400 e. The van der Waals surface area contributed by atoms with Gasteiger partial charge in [0.25, 0.3) is 0 Å². The van der Waals surface area contributed by atoms with E-state index >= 15 is 0 Å². The van der Waals surface area contributed by atoms with Crippen LogP contribution in [-0.2, 0) is 4.74 Å². The van der Waals surface area contributed by atoms with E-state index < -0.39 is 0 Å². The van der Waals surface area contributed by atoms with E-state index in [0.717, 1.165) is 19.6 Å². The van der Waals surface area contributed by atoms with Crippen LogP contribution in [0.3, 0.4) is 0 Å². The Hall–Kier alpha value is -0.120. The van der Waals surface area contributed by atoms with Gasteiger partial charge < -0.3 is 15.2 Å². The first-order valence-corrected chi connectivity index (χ1v) is 4.49. The first-order chi connectivity index (χ1) is 5.75. The molecule has 12 heavy (non-hydrogen) atoms. The van der Waals surface area contributed by atoms with Gasteiger partial charge in [-0.2, -0.15) is 0 Å². The minimum absolute atomic E-state index is 0.383. The van der Waals surface area contributed by atoms with Crippen LogP contribution in [0.15, 0.2) is 0 Å². The summed E-state index contributed by atoms with van der Waals surface area (Å²) in [6, 6.07) is 0.550. The highest BCUT2D eigenvalue weighted by molar-refractivity contribution is 4.81. The molecule has 3 atom stereocenters. The van der Waals surface area contributed by atoms with E-state index in [-0.39, 0.29) is 0 Å². The average Bonchev–Trinajstić information content (AvgIpc) is 2.08. The topological polar surface area (TPSA) is 41.5 Å². The van der Waals surface area contributed by atoms with E-state index in [1.165, 1.54) is 6.42 Å². The molecule has 0 aromatic rings. The Morgan fingerprint density at radius 1 is 1.33 bits per heavy atom. The maximum absolute atomic E-state index is 7.00. The second kappa shape index (κ2) is 6.40. The third-order valence-corrected chi connectivity index (χ3v) is 2.41. The van der Waals surface area contributed by atoms with Gasteiger partial charge in [-0.1, -0.05) is 6.92 Å². The van der Waals surface area contributed by atoms with E-state index in [2.05, 4.69) is 19.2 Å². The second-order valence-corrected chi connectivity index (χ2v) is 3.16. The average molecular weight is 175 g/mol.